The van der Waals surface area contributed by atoms with Crippen molar-refractivity contribution in [1.82, 2.24) is 10.2 Å². The Hall–Kier alpha value is -4.83. The van der Waals surface area contributed by atoms with Crippen LogP contribution in [0, 0.1) is 13.8 Å². The van der Waals surface area contributed by atoms with Crippen LogP contribution in [0.1, 0.15) is 35.6 Å². The van der Waals surface area contributed by atoms with Gasteiger partial charge in [0.1, 0.15) is 12.6 Å². The summed E-state index contributed by atoms with van der Waals surface area (Å²) in [5.41, 5.74) is 3.84. The fourth-order valence-corrected chi connectivity index (χ4v) is 6.56. The van der Waals surface area contributed by atoms with Crippen LogP contribution < -0.4 is 19.1 Å². The minimum Gasteiger partial charge on any atom is -0.493 e. The van der Waals surface area contributed by atoms with E-state index in [9.17, 15) is 18.0 Å². The molecule has 0 spiro atoms. The molecule has 0 aliphatic carbocycles. The molecular formula is C37H43N3O6S. The van der Waals surface area contributed by atoms with Gasteiger partial charge >= 0.3 is 0 Å². The largest absolute Gasteiger partial charge is 0.493 e. The highest BCUT2D eigenvalue weighted by Gasteiger charge is 2.35. The lowest BCUT2D eigenvalue weighted by Crippen LogP contribution is -2.53. The lowest BCUT2D eigenvalue weighted by Gasteiger charge is -2.34. The van der Waals surface area contributed by atoms with Crippen molar-refractivity contribution in [3.63, 3.8) is 0 Å². The maximum absolute atomic E-state index is 14.6. The van der Waals surface area contributed by atoms with Crippen molar-refractivity contribution >= 4 is 27.5 Å². The van der Waals surface area contributed by atoms with E-state index in [0.29, 0.717) is 18.0 Å². The van der Waals surface area contributed by atoms with Crippen LogP contribution >= 0.6 is 0 Å². The molecule has 4 aromatic rings. The summed E-state index contributed by atoms with van der Waals surface area (Å²) in [6, 6.07) is 27.4. The first-order valence-corrected chi connectivity index (χ1v) is 17.0. The predicted octanol–water partition coefficient (Wildman–Crippen LogP) is 5.68. The molecule has 0 radical (unpaired) electrons. The number of sulfonamides is 1. The molecule has 0 fully saturated rings. The van der Waals surface area contributed by atoms with E-state index in [1.54, 1.807) is 24.3 Å². The van der Waals surface area contributed by atoms with Crippen LogP contribution in [0.15, 0.2) is 102 Å². The number of hydrogen-bond acceptors (Lipinski definition) is 6. The van der Waals surface area contributed by atoms with Crippen LogP contribution in [0.5, 0.6) is 11.5 Å². The van der Waals surface area contributed by atoms with E-state index in [1.165, 1.54) is 37.3 Å². The smallest absolute Gasteiger partial charge is 0.264 e. The number of methoxy groups -OCH3 is 2. The molecule has 0 aromatic heterocycles. The highest BCUT2D eigenvalue weighted by atomic mass is 32.2. The Kier molecular flexibility index (Phi) is 12.0. The molecule has 0 heterocycles. The maximum Gasteiger partial charge on any atom is 0.264 e. The lowest BCUT2D eigenvalue weighted by atomic mass is 10.0. The van der Waals surface area contributed by atoms with E-state index >= 15 is 0 Å². The second-order valence-corrected chi connectivity index (χ2v) is 13.2. The number of benzene rings is 4. The number of carbonyl (C=O) groups is 2. The number of anilines is 1. The summed E-state index contributed by atoms with van der Waals surface area (Å²) < 4.78 is 40.5. The molecule has 1 N–H and O–H groups in total. The summed E-state index contributed by atoms with van der Waals surface area (Å²) in [5.74, 6) is -0.135. The molecule has 1 atom stereocenters. The summed E-state index contributed by atoms with van der Waals surface area (Å²) in [6.45, 7) is 5.77. The fraction of sp³-hybridized carbons (Fsp3) is 0.297. The number of hydrogen-bond donors (Lipinski definition) is 1. The first-order valence-electron chi connectivity index (χ1n) is 15.6. The summed E-state index contributed by atoms with van der Waals surface area (Å²) in [6.07, 6.45) is 0.965. The normalized spacial score (nSPS) is 11.8. The first kappa shape index (κ1) is 35.0. The average molecular weight is 658 g/mol. The predicted molar refractivity (Wildman–Crippen MR) is 184 cm³/mol. The Balaban J connectivity index is 1.83. The SMILES string of the molecule is CCCNC(=O)[C@@H](Cc1ccccc1)N(Cc1ccc(C)cc1)C(=O)CN(c1ccc(OC)c(OC)c1)S(=O)(=O)c1ccc(C)cc1. The third-order valence-electron chi connectivity index (χ3n) is 7.84. The van der Waals surface area contributed by atoms with Gasteiger partial charge in [-0.15, -0.1) is 0 Å². The van der Waals surface area contributed by atoms with E-state index in [4.69, 9.17) is 9.47 Å². The molecular weight excluding hydrogens is 614 g/mol. The molecule has 0 saturated heterocycles. The number of nitrogens with zero attached hydrogens (tertiary/aromatic N) is 2. The van der Waals surface area contributed by atoms with Gasteiger partial charge in [0.05, 0.1) is 24.8 Å². The maximum atomic E-state index is 14.6. The van der Waals surface area contributed by atoms with E-state index in [-0.39, 0.29) is 29.5 Å². The van der Waals surface area contributed by atoms with Crippen LogP contribution in [-0.2, 0) is 32.6 Å². The summed E-state index contributed by atoms with van der Waals surface area (Å²) in [7, 11) is -1.31. The van der Waals surface area contributed by atoms with E-state index in [1.807, 2.05) is 75.4 Å². The Bertz CT molecular complexity index is 1740. The molecule has 2 amide bonds. The second kappa shape index (κ2) is 16.1. The van der Waals surface area contributed by atoms with Gasteiger partial charge in [0.15, 0.2) is 11.5 Å². The van der Waals surface area contributed by atoms with Crippen molar-refractivity contribution in [1.29, 1.82) is 0 Å². The van der Waals surface area contributed by atoms with Gasteiger partial charge < -0.3 is 19.7 Å². The van der Waals surface area contributed by atoms with Crippen LogP contribution in [0.2, 0.25) is 0 Å². The zero-order valence-electron chi connectivity index (χ0n) is 27.6. The second-order valence-electron chi connectivity index (χ2n) is 11.4. The van der Waals surface area contributed by atoms with E-state index in [2.05, 4.69) is 5.32 Å². The molecule has 4 aromatic carbocycles. The summed E-state index contributed by atoms with van der Waals surface area (Å²) >= 11 is 0. The number of rotatable bonds is 15. The van der Waals surface area contributed by atoms with Crippen molar-refractivity contribution < 1.29 is 27.5 Å². The van der Waals surface area contributed by atoms with Crippen molar-refractivity contribution in [2.45, 2.75) is 51.1 Å². The average Bonchev–Trinajstić information content (AvgIpc) is 3.08. The molecule has 248 valence electrons. The van der Waals surface area contributed by atoms with Crippen LogP contribution in [-0.4, -0.2) is 58.5 Å². The molecule has 10 heteroatoms. The Morgan fingerprint density at radius 2 is 1.40 bits per heavy atom. The van der Waals surface area contributed by atoms with Gasteiger partial charge in [-0.05, 0) is 55.7 Å². The van der Waals surface area contributed by atoms with Crippen molar-refractivity contribution in [3.05, 3.63) is 119 Å². The van der Waals surface area contributed by atoms with Gasteiger partial charge in [0.25, 0.3) is 10.0 Å². The fourth-order valence-electron chi connectivity index (χ4n) is 5.16. The number of aryl methyl sites for hydroxylation is 2. The van der Waals surface area contributed by atoms with Crippen molar-refractivity contribution in [2.24, 2.45) is 0 Å². The third-order valence-corrected chi connectivity index (χ3v) is 9.62. The third kappa shape index (κ3) is 8.92. The standard InChI is InChI=1S/C37H43N3O6S/c1-6-22-38-37(42)33(23-29-10-8-7-9-11-29)39(25-30-16-12-27(2)13-17-30)36(41)26-40(31-18-21-34(45-4)35(24-31)46-5)47(43,44)32-19-14-28(3)15-20-32/h7-21,24,33H,6,22-23,25-26H2,1-5H3,(H,38,42)/t33-/m1/s1. The monoisotopic (exact) mass is 657 g/mol. The van der Waals surface area contributed by atoms with Gasteiger partial charge in [0.2, 0.25) is 11.8 Å². The van der Waals surface area contributed by atoms with Crippen molar-refractivity contribution in [2.75, 3.05) is 31.6 Å². The first-order chi connectivity index (χ1) is 22.6. The lowest BCUT2D eigenvalue weighted by molar-refractivity contribution is -0.140. The number of nitrogens with one attached hydrogen (secondary N) is 1. The van der Waals surface area contributed by atoms with Gasteiger partial charge in [-0.1, -0.05) is 84.8 Å². The summed E-state index contributed by atoms with van der Waals surface area (Å²) in [4.78, 5) is 29.9. The molecule has 0 aliphatic heterocycles. The molecule has 0 unspecified atom stereocenters. The van der Waals surface area contributed by atoms with Crippen LogP contribution in [0.3, 0.4) is 0 Å². The number of ether oxygens (including phenoxy) is 2. The minimum absolute atomic E-state index is 0.0253. The van der Waals surface area contributed by atoms with Crippen LogP contribution in [0.4, 0.5) is 5.69 Å². The molecule has 47 heavy (non-hydrogen) atoms. The highest BCUT2D eigenvalue weighted by molar-refractivity contribution is 7.92. The van der Waals surface area contributed by atoms with Gasteiger partial charge in [-0.3, -0.25) is 13.9 Å². The van der Waals surface area contributed by atoms with E-state index < -0.39 is 28.5 Å². The van der Waals surface area contributed by atoms with Gasteiger partial charge in [-0.25, -0.2) is 8.42 Å². The minimum atomic E-state index is -4.25. The number of carbonyl (C=O) groups excluding carboxylic acids is 2. The van der Waals surface area contributed by atoms with Gasteiger partial charge in [0, 0.05) is 25.6 Å². The van der Waals surface area contributed by atoms with Gasteiger partial charge in [-0.2, -0.15) is 0 Å². The summed E-state index contributed by atoms with van der Waals surface area (Å²) in [5, 5.41) is 2.96. The van der Waals surface area contributed by atoms with E-state index in [0.717, 1.165) is 33.0 Å². The topological polar surface area (TPSA) is 105 Å². The highest BCUT2D eigenvalue weighted by Crippen LogP contribution is 2.34. The zero-order valence-corrected chi connectivity index (χ0v) is 28.4. The van der Waals surface area contributed by atoms with Crippen LogP contribution in [0.25, 0.3) is 0 Å². The molecule has 0 aliphatic rings. The zero-order chi connectivity index (χ0) is 34.0. The number of amides is 2. The Morgan fingerprint density at radius 3 is 2.00 bits per heavy atom. The van der Waals surface area contributed by atoms with Crippen molar-refractivity contribution in [3.8, 4) is 11.5 Å². The molecule has 9 nitrogen and oxygen atoms in total. The molecule has 4 rings (SSSR count). The Labute approximate surface area is 278 Å². The molecule has 0 bridgehead atoms. The Morgan fingerprint density at radius 1 is 0.787 bits per heavy atom. The molecule has 0 saturated carbocycles. The quantitative estimate of drug-likeness (QED) is 0.176.